The Hall–Kier alpha value is -1.05. The highest BCUT2D eigenvalue weighted by atomic mass is 16.2. The van der Waals surface area contributed by atoms with E-state index >= 15 is 0 Å². The van der Waals surface area contributed by atoms with Crippen LogP contribution in [0.25, 0.3) is 0 Å². The van der Waals surface area contributed by atoms with E-state index in [0.29, 0.717) is 0 Å². The molecular formula is C4H7N3O. The van der Waals surface area contributed by atoms with Crippen LogP contribution >= 0.6 is 0 Å². The van der Waals surface area contributed by atoms with E-state index in [4.69, 9.17) is 5.84 Å². The molecule has 0 aromatic carbocycles. The number of amides is 1. The third-order valence-electron chi connectivity index (χ3n) is 0.424. The summed E-state index contributed by atoms with van der Waals surface area (Å²) in [6.45, 7) is 1.57. The van der Waals surface area contributed by atoms with Gasteiger partial charge in [-0.25, -0.2) is 0 Å². The molecule has 0 radical (unpaired) electrons. The minimum absolute atomic E-state index is 0.435. The standard InChI is InChI=1S/C4H7N3O/c1-2-3-4(8)6-7-5/h7H,5H2,1H3,(H,6,8). The topological polar surface area (TPSA) is 67.2 Å². The van der Waals surface area contributed by atoms with Gasteiger partial charge >= 0.3 is 5.91 Å². The number of nitrogens with one attached hydrogen (secondary N) is 2. The third kappa shape index (κ3) is 3.15. The maximum absolute atomic E-state index is 10.2. The molecule has 0 saturated carbocycles. The molecule has 4 heteroatoms. The lowest BCUT2D eigenvalue weighted by Gasteiger charge is -1.91. The number of hydrogen-bond acceptors (Lipinski definition) is 3. The molecule has 44 valence electrons. The van der Waals surface area contributed by atoms with Crippen LogP contribution < -0.4 is 16.8 Å². The van der Waals surface area contributed by atoms with Crippen LogP contribution in [0.4, 0.5) is 0 Å². The van der Waals surface area contributed by atoms with Crippen molar-refractivity contribution < 1.29 is 4.79 Å². The fourth-order valence-electron chi connectivity index (χ4n) is 0.210. The molecule has 0 spiro atoms. The van der Waals surface area contributed by atoms with Crippen molar-refractivity contribution in [1.82, 2.24) is 11.0 Å². The van der Waals surface area contributed by atoms with E-state index < -0.39 is 5.91 Å². The molecule has 0 fully saturated rings. The summed E-state index contributed by atoms with van der Waals surface area (Å²) >= 11 is 0. The number of carbonyl (C=O) groups is 1. The summed E-state index contributed by atoms with van der Waals surface area (Å²) in [6, 6.07) is 0. The molecule has 0 bridgehead atoms. The summed E-state index contributed by atoms with van der Waals surface area (Å²) in [5.74, 6) is 8.87. The maximum Gasteiger partial charge on any atom is 0.311 e. The molecule has 8 heavy (non-hydrogen) atoms. The molecule has 4 N–H and O–H groups in total. The van der Waals surface area contributed by atoms with Crippen LogP contribution in [0.1, 0.15) is 6.92 Å². The van der Waals surface area contributed by atoms with Gasteiger partial charge in [-0.2, -0.15) is 5.53 Å². The van der Waals surface area contributed by atoms with Crippen LogP contribution in [0.15, 0.2) is 0 Å². The van der Waals surface area contributed by atoms with Gasteiger partial charge in [0.05, 0.1) is 0 Å². The van der Waals surface area contributed by atoms with Crippen LogP contribution in [-0.4, -0.2) is 5.91 Å². The van der Waals surface area contributed by atoms with Crippen molar-refractivity contribution in [3.05, 3.63) is 0 Å². The lowest BCUT2D eigenvalue weighted by atomic mass is 10.6. The molecule has 4 nitrogen and oxygen atoms in total. The Morgan fingerprint density at radius 2 is 2.38 bits per heavy atom. The van der Waals surface area contributed by atoms with Gasteiger partial charge in [-0.3, -0.25) is 16.1 Å². The van der Waals surface area contributed by atoms with Gasteiger partial charge in [0.1, 0.15) is 0 Å². The van der Waals surface area contributed by atoms with E-state index in [1.165, 1.54) is 0 Å². The van der Waals surface area contributed by atoms with Gasteiger partial charge in [-0.05, 0) is 12.8 Å². The van der Waals surface area contributed by atoms with Crippen molar-refractivity contribution in [3.8, 4) is 11.8 Å². The van der Waals surface area contributed by atoms with Gasteiger partial charge in [0, 0.05) is 0 Å². The Morgan fingerprint density at radius 1 is 1.75 bits per heavy atom. The minimum Gasteiger partial charge on any atom is -0.267 e. The zero-order chi connectivity index (χ0) is 6.41. The Balaban J connectivity index is 3.44. The summed E-state index contributed by atoms with van der Waals surface area (Å²) in [5.41, 5.74) is 4.01. The second kappa shape index (κ2) is 4.12. The van der Waals surface area contributed by atoms with Crippen LogP contribution in [0.3, 0.4) is 0 Å². The predicted octanol–water partition coefficient (Wildman–Crippen LogP) is -1.50. The van der Waals surface area contributed by atoms with Crippen molar-refractivity contribution in [2.45, 2.75) is 6.92 Å². The number of rotatable bonds is 1. The molecule has 0 aliphatic rings. The lowest BCUT2D eigenvalue weighted by Crippen LogP contribution is -2.41. The normalized spacial score (nSPS) is 6.75. The Morgan fingerprint density at radius 3 is 2.75 bits per heavy atom. The zero-order valence-corrected chi connectivity index (χ0v) is 4.49. The van der Waals surface area contributed by atoms with Crippen molar-refractivity contribution in [2.75, 3.05) is 0 Å². The summed E-state index contributed by atoms with van der Waals surface area (Å²) < 4.78 is 0. The number of nitrogens with two attached hydrogens (primary N) is 1. The first-order valence-electron chi connectivity index (χ1n) is 1.99. The largest absolute Gasteiger partial charge is 0.311 e. The zero-order valence-electron chi connectivity index (χ0n) is 4.49. The van der Waals surface area contributed by atoms with E-state index in [1.54, 1.807) is 6.92 Å². The quantitative estimate of drug-likeness (QED) is 0.220. The molecule has 0 aliphatic carbocycles. The van der Waals surface area contributed by atoms with Crippen LogP contribution in [0.2, 0.25) is 0 Å². The predicted molar refractivity (Wildman–Crippen MR) is 28.9 cm³/mol. The first-order valence-corrected chi connectivity index (χ1v) is 1.99. The number of hydrogen-bond donors (Lipinski definition) is 3. The van der Waals surface area contributed by atoms with Gasteiger partial charge in [0.25, 0.3) is 0 Å². The highest BCUT2D eigenvalue weighted by Crippen LogP contribution is 1.53. The molecule has 0 aromatic rings. The van der Waals surface area contributed by atoms with Crippen molar-refractivity contribution in [1.29, 1.82) is 0 Å². The number of carbonyl (C=O) groups excluding carboxylic acids is 1. The molecule has 0 atom stereocenters. The van der Waals surface area contributed by atoms with E-state index in [9.17, 15) is 4.79 Å². The molecule has 0 heterocycles. The SMILES string of the molecule is CC#CC(=O)NNN. The molecule has 0 aromatic heterocycles. The summed E-state index contributed by atoms with van der Waals surface area (Å²) in [6.07, 6.45) is 0. The van der Waals surface area contributed by atoms with E-state index in [0.717, 1.165) is 0 Å². The van der Waals surface area contributed by atoms with Crippen molar-refractivity contribution in [3.63, 3.8) is 0 Å². The van der Waals surface area contributed by atoms with Gasteiger partial charge in [-0.15, -0.1) is 0 Å². The van der Waals surface area contributed by atoms with Crippen molar-refractivity contribution in [2.24, 2.45) is 5.84 Å². The van der Waals surface area contributed by atoms with Crippen molar-refractivity contribution >= 4 is 5.91 Å². The van der Waals surface area contributed by atoms with Crippen LogP contribution in [0.5, 0.6) is 0 Å². The average Bonchev–Trinajstić information content (AvgIpc) is 1.68. The monoisotopic (exact) mass is 113 g/mol. The van der Waals surface area contributed by atoms with Crippen LogP contribution in [0, 0.1) is 11.8 Å². The summed E-state index contributed by atoms with van der Waals surface area (Å²) in [7, 11) is 0. The number of hydrazine groups is 2. The maximum atomic E-state index is 10.2. The Bertz CT molecular complexity index is 132. The first-order chi connectivity index (χ1) is 3.81. The molecule has 1 amide bonds. The Kier molecular flexibility index (Phi) is 3.58. The van der Waals surface area contributed by atoms with E-state index in [1.807, 2.05) is 5.53 Å². The second-order valence-electron chi connectivity index (χ2n) is 0.973. The van der Waals surface area contributed by atoms with Gasteiger partial charge in [0.2, 0.25) is 0 Å². The fraction of sp³-hybridized carbons (Fsp3) is 0.250. The summed E-state index contributed by atoms with van der Waals surface area (Å²) in [5, 5.41) is 0. The molecular weight excluding hydrogens is 106 g/mol. The molecule has 0 unspecified atom stereocenters. The molecule has 0 saturated heterocycles. The highest BCUT2D eigenvalue weighted by molar-refractivity contribution is 5.92. The molecule has 0 aliphatic heterocycles. The smallest absolute Gasteiger partial charge is 0.267 e. The van der Waals surface area contributed by atoms with Crippen LogP contribution in [-0.2, 0) is 4.79 Å². The highest BCUT2D eigenvalue weighted by Gasteiger charge is 1.85. The summed E-state index contributed by atoms with van der Waals surface area (Å²) in [4.78, 5) is 10.2. The van der Waals surface area contributed by atoms with E-state index in [-0.39, 0.29) is 0 Å². The second-order valence-corrected chi connectivity index (χ2v) is 0.973. The lowest BCUT2D eigenvalue weighted by molar-refractivity contribution is -0.116. The third-order valence-corrected chi connectivity index (χ3v) is 0.424. The van der Waals surface area contributed by atoms with Gasteiger partial charge < -0.3 is 0 Å². The van der Waals surface area contributed by atoms with Gasteiger partial charge in [-0.1, -0.05) is 5.92 Å². The van der Waals surface area contributed by atoms with E-state index in [2.05, 4.69) is 17.3 Å². The minimum atomic E-state index is -0.435. The molecule has 0 rings (SSSR count). The first kappa shape index (κ1) is 6.95. The Labute approximate surface area is 47.4 Å². The van der Waals surface area contributed by atoms with Gasteiger partial charge in [0.15, 0.2) is 0 Å². The average molecular weight is 113 g/mol. The fourth-order valence-corrected chi connectivity index (χ4v) is 0.210.